The minimum absolute atomic E-state index is 0.134. The SMILES string of the molecule is COc1cc(-c2cnc3ccccn23)ccc1O. The number of phenols is 1. The van der Waals surface area contributed by atoms with Gasteiger partial charge in [-0.1, -0.05) is 6.07 Å². The van der Waals surface area contributed by atoms with E-state index in [-0.39, 0.29) is 5.75 Å². The number of ether oxygens (including phenoxy) is 1. The van der Waals surface area contributed by atoms with Gasteiger partial charge in [-0.2, -0.15) is 0 Å². The first-order valence-corrected chi connectivity index (χ1v) is 5.59. The molecule has 0 spiro atoms. The van der Waals surface area contributed by atoms with Crippen molar-refractivity contribution in [1.82, 2.24) is 9.38 Å². The molecule has 0 aliphatic carbocycles. The fraction of sp³-hybridized carbons (Fsp3) is 0.0714. The van der Waals surface area contributed by atoms with Gasteiger partial charge >= 0.3 is 0 Å². The third-order valence-electron chi connectivity index (χ3n) is 2.89. The summed E-state index contributed by atoms with van der Waals surface area (Å²) < 4.78 is 7.11. The van der Waals surface area contributed by atoms with Crippen molar-refractivity contribution in [2.45, 2.75) is 0 Å². The Morgan fingerprint density at radius 1 is 1.22 bits per heavy atom. The highest BCUT2D eigenvalue weighted by Crippen LogP contribution is 2.31. The maximum absolute atomic E-state index is 9.60. The summed E-state index contributed by atoms with van der Waals surface area (Å²) in [5, 5.41) is 9.60. The summed E-state index contributed by atoms with van der Waals surface area (Å²) in [4.78, 5) is 4.33. The molecule has 1 aromatic carbocycles. The summed E-state index contributed by atoms with van der Waals surface area (Å²) in [6, 6.07) is 11.1. The normalized spacial score (nSPS) is 10.7. The number of nitrogens with zero attached hydrogens (tertiary/aromatic N) is 2. The van der Waals surface area contributed by atoms with Gasteiger partial charge in [-0.25, -0.2) is 4.98 Å². The second-order valence-corrected chi connectivity index (χ2v) is 3.96. The molecule has 0 bridgehead atoms. The van der Waals surface area contributed by atoms with Crippen LogP contribution in [-0.4, -0.2) is 21.6 Å². The first kappa shape index (κ1) is 10.7. The van der Waals surface area contributed by atoms with E-state index in [4.69, 9.17) is 4.74 Å². The van der Waals surface area contributed by atoms with Crippen LogP contribution in [-0.2, 0) is 0 Å². The minimum atomic E-state index is 0.134. The molecule has 0 atom stereocenters. The van der Waals surface area contributed by atoms with Gasteiger partial charge in [-0.15, -0.1) is 0 Å². The first-order chi connectivity index (χ1) is 8.79. The molecule has 0 unspecified atom stereocenters. The molecule has 4 heteroatoms. The van der Waals surface area contributed by atoms with Gasteiger partial charge in [0.2, 0.25) is 0 Å². The van der Waals surface area contributed by atoms with Crippen LogP contribution in [0.3, 0.4) is 0 Å². The lowest BCUT2D eigenvalue weighted by Gasteiger charge is -2.06. The van der Waals surface area contributed by atoms with Gasteiger partial charge in [0.1, 0.15) is 5.65 Å². The highest BCUT2D eigenvalue weighted by atomic mass is 16.5. The zero-order valence-electron chi connectivity index (χ0n) is 9.87. The summed E-state index contributed by atoms with van der Waals surface area (Å²) in [5.74, 6) is 0.591. The van der Waals surface area contributed by atoms with Crippen LogP contribution in [0.2, 0.25) is 0 Å². The van der Waals surface area contributed by atoms with Crippen LogP contribution in [0.5, 0.6) is 11.5 Å². The predicted octanol–water partition coefficient (Wildman–Crippen LogP) is 2.72. The first-order valence-electron chi connectivity index (χ1n) is 5.59. The Morgan fingerprint density at radius 3 is 2.94 bits per heavy atom. The number of aromatic hydroxyl groups is 1. The Bertz CT molecular complexity index is 704. The van der Waals surface area contributed by atoms with E-state index < -0.39 is 0 Å². The van der Waals surface area contributed by atoms with Gasteiger partial charge < -0.3 is 9.84 Å². The molecular weight excluding hydrogens is 228 g/mol. The fourth-order valence-corrected chi connectivity index (χ4v) is 1.98. The molecule has 0 saturated heterocycles. The molecule has 2 aromatic heterocycles. The van der Waals surface area contributed by atoms with Crippen molar-refractivity contribution >= 4 is 5.65 Å². The lowest BCUT2D eigenvalue weighted by atomic mass is 10.1. The molecule has 90 valence electrons. The minimum Gasteiger partial charge on any atom is -0.504 e. The monoisotopic (exact) mass is 240 g/mol. The fourth-order valence-electron chi connectivity index (χ4n) is 1.98. The summed E-state index contributed by atoms with van der Waals surface area (Å²) >= 11 is 0. The quantitative estimate of drug-likeness (QED) is 0.749. The molecule has 3 rings (SSSR count). The smallest absolute Gasteiger partial charge is 0.161 e. The zero-order valence-corrected chi connectivity index (χ0v) is 9.87. The van der Waals surface area contributed by atoms with Gasteiger partial charge in [0.15, 0.2) is 11.5 Å². The van der Waals surface area contributed by atoms with E-state index in [2.05, 4.69) is 4.98 Å². The lowest BCUT2D eigenvalue weighted by Crippen LogP contribution is -1.89. The summed E-state index contributed by atoms with van der Waals surface area (Å²) in [6.07, 6.45) is 3.76. The molecule has 4 nitrogen and oxygen atoms in total. The molecule has 0 fully saturated rings. The highest BCUT2D eigenvalue weighted by Gasteiger charge is 2.08. The molecule has 0 amide bonds. The van der Waals surface area contributed by atoms with Crippen LogP contribution < -0.4 is 4.74 Å². The molecule has 3 aromatic rings. The topological polar surface area (TPSA) is 46.8 Å². The van der Waals surface area contributed by atoms with Gasteiger partial charge in [-0.3, -0.25) is 4.40 Å². The van der Waals surface area contributed by atoms with Crippen LogP contribution in [0, 0.1) is 0 Å². The summed E-state index contributed by atoms with van der Waals surface area (Å²) in [5.41, 5.74) is 2.80. The molecule has 1 N–H and O–H groups in total. The molecular formula is C14H12N2O2. The number of hydrogen-bond acceptors (Lipinski definition) is 3. The maximum Gasteiger partial charge on any atom is 0.161 e. The molecule has 2 heterocycles. The van der Waals surface area contributed by atoms with Crippen molar-refractivity contribution < 1.29 is 9.84 Å². The van der Waals surface area contributed by atoms with Crippen molar-refractivity contribution in [3.05, 3.63) is 48.8 Å². The number of hydrogen-bond donors (Lipinski definition) is 1. The Morgan fingerprint density at radius 2 is 2.11 bits per heavy atom. The third kappa shape index (κ3) is 1.59. The van der Waals surface area contributed by atoms with E-state index in [0.717, 1.165) is 16.9 Å². The number of methoxy groups -OCH3 is 1. The summed E-state index contributed by atoms with van der Waals surface area (Å²) in [7, 11) is 1.54. The van der Waals surface area contributed by atoms with Crippen LogP contribution in [0.25, 0.3) is 16.9 Å². The number of benzene rings is 1. The average molecular weight is 240 g/mol. The third-order valence-corrected chi connectivity index (χ3v) is 2.89. The average Bonchev–Trinajstić information content (AvgIpc) is 2.83. The number of phenolic OH excluding ortho intramolecular Hbond substituents is 1. The van der Waals surface area contributed by atoms with E-state index in [1.165, 1.54) is 7.11 Å². The second-order valence-electron chi connectivity index (χ2n) is 3.96. The zero-order chi connectivity index (χ0) is 12.5. The van der Waals surface area contributed by atoms with Crippen molar-refractivity contribution in [2.75, 3.05) is 7.11 Å². The van der Waals surface area contributed by atoms with Gasteiger partial charge in [0.25, 0.3) is 0 Å². The van der Waals surface area contributed by atoms with Gasteiger partial charge in [0.05, 0.1) is 19.0 Å². The Labute approximate surface area is 104 Å². The van der Waals surface area contributed by atoms with E-state index in [0.29, 0.717) is 5.75 Å². The summed E-state index contributed by atoms with van der Waals surface area (Å²) in [6.45, 7) is 0. The van der Waals surface area contributed by atoms with Crippen LogP contribution in [0.1, 0.15) is 0 Å². The molecule has 0 aliphatic rings. The maximum atomic E-state index is 9.60. The molecule has 0 aliphatic heterocycles. The van der Waals surface area contributed by atoms with E-state index in [1.54, 1.807) is 18.3 Å². The highest BCUT2D eigenvalue weighted by molar-refractivity contribution is 5.66. The van der Waals surface area contributed by atoms with E-state index in [1.807, 2.05) is 34.9 Å². The van der Waals surface area contributed by atoms with E-state index >= 15 is 0 Å². The predicted molar refractivity (Wildman–Crippen MR) is 68.8 cm³/mol. The Kier molecular flexibility index (Phi) is 2.41. The van der Waals surface area contributed by atoms with Crippen molar-refractivity contribution in [3.63, 3.8) is 0 Å². The van der Waals surface area contributed by atoms with Gasteiger partial charge in [0, 0.05) is 11.8 Å². The number of imidazole rings is 1. The van der Waals surface area contributed by atoms with E-state index in [9.17, 15) is 5.11 Å². The number of aromatic nitrogens is 2. The van der Waals surface area contributed by atoms with Crippen molar-refractivity contribution in [3.8, 4) is 22.8 Å². The molecule has 18 heavy (non-hydrogen) atoms. The number of fused-ring (bicyclic) bond motifs is 1. The van der Waals surface area contributed by atoms with Crippen LogP contribution >= 0.6 is 0 Å². The second kappa shape index (κ2) is 4.07. The molecule has 0 radical (unpaired) electrons. The van der Waals surface area contributed by atoms with Crippen molar-refractivity contribution in [2.24, 2.45) is 0 Å². The standard InChI is InChI=1S/C14H12N2O2/c1-18-13-8-10(5-6-12(13)17)11-9-15-14-4-2-3-7-16(11)14/h2-9,17H,1H3. The Hall–Kier alpha value is -2.49. The number of rotatable bonds is 2. The van der Waals surface area contributed by atoms with Crippen molar-refractivity contribution in [1.29, 1.82) is 0 Å². The molecule has 0 saturated carbocycles. The largest absolute Gasteiger partial charge is 0.504 e. The van der Waals surface area contributed by atoms with Gasteiger partial charge in [-0.05, 0) is 30.3 Å². The van der Waals surface area contributed by atoms with Crippen LogP contribution in [0.15, 0.2) is 48.8 Å². The van der Waals surface area contributed by atoms with Crippen LogP contribution in [0.4, 0.5) is 0 Å². The Balaban J connectivity index is 2.20. The number of pyridine rings is 1. The lowest BCUT2D eigenvalue weighted by molar-refractivity contribution is 0.373.